The van der Waals surface area contributed by atoms with Gasteiger partial charge in [-0.15, -0.1) is 0 Å². The minimum Gasteiger partial charge on any atom is -0.369 e. The van der Waals surface area contributed by atoms with Gasteiger partial charge >= 0.3 is 0 Å². The standard InChI is InChI=1S/C28H36N6O.C2H5N/c1-19-8-7-16-34(19)25-10-6-9-24(18-25)31-26-20(2)21(3)30-27(32-26)22-11-13-23(14-12-22)28(35)29-15-17-33(4)5;1-2-3/h6,9-14,18-19H,7-8,15-17H2,1-5H3,(H,29,35)(H,30,31,32);2-3H,1H3. The zero-order valence-electron chi connectivity index (χ0n) is 23.5. The quantitative estimate of drug-likeness (QED) is 0.346. The summed E-state index contributed by atoms with van der Waals surface area (Å²) >= 11 is 0. The van der Waals surface area contributed by atoms with E-state index in [0.29, 0.717) is 24.0 Å². The second-order valence-electron chi connectivity index (χ2n) is 9.89. The maximum Gasteiger partial charge on any atom is 0.251 e. The fraction of sp³-hybridized carbons (Fsp3) is 0.400. The molecule has 202 valence electrons. The highest BCUT2D eigenvalue weighted by molar-refractivity contribution is 5.94. The molecule has 1 fully saturated rings. The van der Waals surface area contributed by atoms with Crippen LogP contribution in [0.5, 0.6) is 0 Å². The lowest BCUT2D eigenvalue weighted by Gasteiger charge is -2.24. The average molecular weight is 516 g/mol. The molecule has 1 saturated heterocycles. The van der Waals surface area contributed by atoms with Crippen LogP contribution in [0.1, 0.15) is 48.3 Å². The van der Waals surface area contributed by atoms with Gasteiger partial charge in [0.1, 0.15) is 5.82 Å². The first-order chi connectivity index (χ1) is 18.2. The number of benzene rings is 2. The van der Waals surface area contributed by atoms with E-state index in [0.717, 1.165) is 41.4 Å². The molecule has 8 nitrogen and oxygen atoms in total. The van der Waals surface area contributed by atoms with Gasteiger partial charge in [-0.1, -0.05) is 18.2 Å². The lowest BCUT2D eigenvalue weighted by Crippen LogP contribution is -2.31. The maximum atomic E-state index is 12.4. The average Bonchev–Trinajstić information content (AvgIpc) is 3.33. The number of carbonyl (C=O) groups is 1. The predicted molar refractivity (Wildman–Crippen MR) is 158 cm³/mol. The van der Waals surface area contributed by atoms with Gasteiger partial charge in [-0.3, -0.25) is 4.79 Å². The molecule has 0 radical (unpaired) electrons. The molecule has 0 saturated carbocycles. The molecule has 0 spiro atoms. The van der Waals surface area contributed by atoms with Crippen molar-refractivity contribution < 1.29 is 4.79 Å². The van der Waals surface area contributed by atoms with Crippen LogP contribution in [0.25, 0.3) is 11.4 Å². The largest absolute Gasteiger partial charge is 0.369 e. The van der Waals surface area contributed by atoms with Crippen LogP contribution in [0.15, 0.2) is 48.5 Å². The molecule has 0 bridgehead atoms. The Bertz CT molecular complexity index is 1220. The molecule has 1 aliphatic rings. The van der Waals surface area contributed by atoms with Crippen LogP contribution >= 0.6 is 0 Å². The highest BCUT2D eigenvalue weighted by atomic mass is 16.1. The van der Waals surface area contributed by atoms with Crippen LogP contribution in [0.3, 0.4) is 0 Å². The Hall–Kier alpha value is -3.78. The van der Waals surface area contributed by atoms with Crippen LogP contribution in [0.4, 0.5) is 17.2 Å². The van der Waals surface area contributed by atoms with Crippen LogP contribution < -0.4 is 15.5 Å². The maximum absolute atomic E-state index is 12.4. The van der Waals surface area contributed by atoms with E-state index in [-0.39, 0.29) is 5.91 Å². The summed E-state index contributed by atoms with van der Waals surface area (Å²) in [5.41, 5.74) is 5.70. The minimum atomic E-state index is -0.0750. The molecule has 1 amide bonds. The van der Waals surface area contributed by atoms with Crippen LogP contribution in [-0.2, 0) is 0 Å². The Morgan fingerprint density at radius 1 is 1.16 bits per heavy atom. The van der Waals surface area contributed by atoms with Crippen LogP contribution in [0, 0.1) is 19.3 Å². The summed E-state index contributed by atoms with van der Waals surface area (Å²) in [6.45, 7) is 10.5. The number of likely N-dealkylation sites (N-methyl/N-ethyl adjacent to an activating group) is 1. The van der Waals surface area contributed by atoms with Crippen molar-refractivity contribution in [1.82, 2.24) is 20.2 Å². The third-order valence-electron chi connectivity index (χ3n) is 6.63. The Labute approximate surface area is 227 Å². The second kappa shape index (κ2) is 13.7. The summed E-state index contributed by atoms with van der Waals surface area (Å²) in [5.74, 6) is 1.36. The zero-order valence-corrected chi connectivity index (χ0v) is 23.5. The summed E-state index contributed by atoms with van der Waals surface area (Å²) in [7, 11) is 3.97. The number of hydrogen-bond acceptors (Lipinski definition) is 7. The number of anilines is 3. The van der Waals surface area contributed by atoms with E-state index in [2.05, 4.69) is 46.7 Å². The van der Waals surface area contributed by atoms with E-state index in [1.807, 2.05) is 57.1 Å². The summed E-state index contributed by atoms with van der Waals surface area (Å²) in [6.07, 6.45) is 3.73. The molecule has 2 aromatic carbocycles. The van der Waals surface area contributed by atoms with E-state index in [1.54, 1.807) is 6.92 Å². The van der Waals surface area contributed by atoms with Crippen LogP contribution in [-0.4, -0.2) is 66.8 Å². The lowest BCUT2D eigenvalue weighted by molar-refractivity contribution is 0.0951. The fourth-order valence-corrected chi connectivity index (χ4v) is 4.36. The molecular formula is C30H41N7O. The number of aryl methyl sites for hydroxylation is 1. The second-order valence-corrected chi connectivity index (χ2v) is 9.89. The monoisotopic (exact) mass is 515 g/mol. The number of aromatic nitrogens is 2. The Balaban J connectivity index is 0.00000127. The van der Waals surface area contributed by atoms with Gasteiger partial charge in [0.25, 0.3) is 5.91 Å². The van der Waals surface area contributed by atoms with E-state index in [9.17, 15) is 4.79 Å². The Morgan fingerprint density at radius 2 is 1.87 bits per heavy atom. The fourth-order valence-electron chi connectivity index (χ4n) is 4.36. The molecule has 1 unspecified atom stereocenters. The Kier molecular flexibility index (Phi) is 10.4. The van der Waals surface area contributed by atoms with Crippen LogP contribution in [0.2, 0.25) is 0 Å². The topological polar surface area (TPSA) is 97.2 Å². The van der Waals surface area contributed by atoms with Gasteiger partial charge in [0.15, 0.2) is 5.82 Å². The van der Waals surface area contributed by atoms with Gasteiger partial charge in [-0.2, -0.15) is 0 Å². The van der Waals surface area contributed by atoms with Gasteiger partial charge in [0.2, 0.25) is 0 Å². The molecule has 1 aliphatic heterocycles. The SMILES string of the molecule is CC=N.Cc1nc(-c2ccc(C(=O)NCCN(C)C)cc2)nc(Nc2cccc(N3CCCC3C)c2)c1C. The van der Waals surface area contributed by atoms with E-state index >= 15 is 0 Å². The summed E-state index contributed by atoms with van der Waals surface area (Å²) in [5, 5.41) is 12.5. The van der Waals surface area contributed by atoms with Crippen molar-refractivity contribution in [2.75, 3.05) is 43.9 Å². The van der Waals surface area contributed by atoms with Crippen molar-refractivity contribution in [3.63, 3.8) is 0 Å². The summed E-state index contributed by atoms with van der Waals surface area (Å²) in [6, 6.07) is 16.6. The van der Waals surface area contributed by atoms with Gasteiger partial charge in [-0.05, 0) is 91.2 Å². The van der Waals surface area contributed by atoms with Crippen molar-refractivity contribution in [3.05, 3.63) is 65.4 Å². The number of amides is 1. The van der Waals surface area contributed by atoms with Gasteiger partial charge < -0.3 is 25.8 Å². The summed E-state index contributed by atoms with van der Waals surface area (Å²) < 4.78 is 0. The molecule has 1 aromatic heterocycles. The molecule has 4 rings (SSSR count). The first-order valence-corrected chi connectivity index (χ1v) is 13.2. The van der Waals surface area contributed by atoms with E-state index < -0.39 is 0 Å². The highest BCUT2D eigenvalue weighted by Gasteiger charge is 2.20. The number of carbonyl (C=O) groups excluding carboxylic acids is 1. The summed E-state index contributed by atoms with van der Waals surface area (Å²) in [4.78, 5) is 26.5. The van der Waals surface area contributed by atoms with Crippen molar-refractivity contribution in [3.8, 4) is 11.4 Å². The van der Waals surface area contributed by atoms with Crippen molar-refractivity contribution >= 4 is 29.3 Å². The van der Waals surface area contributed by atoms with E-state index in [4.69, 9.17) is 15.4 Å². The first kappa shape index (κ1) is 28.8. The normalized spacial score (nSPS) is 14.6. The Morgan fingerprint density at radius 3 is 2.50 bits per heavy atom. The lowest BCUT2D eigenvalue weighted by atomic mass is 10.1. The molecular weight excluding hydrogens is 474 g/mol. The molecule has 8 heteroatoms. The highest BCUT2D eigenvalue weighted by Crippen LogP contribution is 2.30. The van der Waals surface area contributed by atoms with Gasteiger partial charge in [0, 0.05) is 59.4 Å². The molecule has 1 atom stereocenters. The number of nitrogens with one attached hydrogen (secondary N) is 3. The number of nitrogens with zero attached hydrogens (tertiary/aromatic N) is 4. The molecule has 2 heterocycles. The predicted octanol–water partition coefficient (Wildman–Crippen LogP) is 5.44. The molecule has 0 aliphatic carbocycles. The van der Waals surface area contributed by atoms with Gasteiger partial charge in [-0.25, -0.2) is 9.97 Å². The number of rotatable bonds is 8. The first-order valence-electron chi connectivity index (χ1n) is 13.2. The van der Waals surface area contributed by atoms with Crippen molar-refractivity contribution in [2.45, 2.75) is 46.6 Å². The van der Waals surface area contributed by atoms with Crippen molar-refractivity contribution in [2.24, 2.45) is 0 Å². The molecule has 38 heavy (non-hydrogen) atoms. The minimum absolute atomic E-state index is 0.0750. The third kappa shape index (κ3) is 7.61. The number of hydrogen-bond donors (Lipinski definition) is 3. The third-order valence-corrected chi connectivity index (χ3v) is 6.63. The van der Waals surface area contributed by atoms with E-state index in [1.165, 1.54) is 24.7 Å². The molecule has 3 aromatic rings. The zero-order chi connectivity index (χ0) is 27.7. The van der Waals surface area contributed by atoms with Crippen molar-refractivity contribution in [1.29, 1.82) is 5.41 Å². The smallest absolute Gasteiger partial charge is 0.251 e. The van der Waals surface area contributed by atoms with Gasteiger partial charge in [0.05, 0.1) is 0 Å². The molecule has 3 N–H and O–H groups in total.